The zero-order valence-corrected chi connectivity index (χ0v) is 16.0. The van der Waals surface area contributed by atoms with Crippen molar-refractivity contribution in [1.29, 1.82) is 0 Å². The van der Waals surface area contributed by atoms with Crippen LogP contribution in [0.15, 0.2) is 48.5 Å². The molecule has 5 nitrogen and oxygen atoms in total. The van der Waals surface area contributed by atoms with Gasteiger partial charge >= 0.3 is 0 Å². The number of hydrogen-bond acceptors (Lipinski definition) is 3. The molecule has 0 unspecified atom stereocenters. The quantitative estimate of drug-likeness (QED) is 0.832. The van der Waals surface area contributed by atoms with Crippen molar-refractivity contribution >= 4 is 11.8 Å². The van der Waals surface area contributed by atoms with Crippen LogP contribution in [-0.2, 0) is 4.79 Å². The Morgan fingerprint density at radius 3 is 2.61 bits per heavy atom. The van der Waals surface area contributed by atoms with Gasteiger partial charge in [-0.2, -0.15) is 0 Å². The summed E-state index contributed by atoms with van der Waals surface area (Å²) in [6, 6.07) is 13.6. The van der Waals surface area contributed by atoms with Crippen LogP contribution in [0.25, 0.3) is 0 Å². The van der Waals surface area contributed by atoms with Gasteiger partial charge in [-0.3, -0.25) is 9.59 Å². The number of carbonyl (C=O) groups is 2. The minimum atomic E-state index is -0.490. The largest absolute Gasteiger partial charge is 0.484 e. The summed E-state index contributed by atoms with van der Waals surface area (Å²) in [6.45, 7) is 3.63. The predicted molar refractivity (Wildman–Crippen MR) is 105 cm³/mol. The van der Waals surface area contributed by atoms with Crippen LogP contribution in [0.2, 0.25) is 0 Å². The molecule has 28 heavy (non-hydrogen) atoms. The maximum atomic E-state index is 13.8. The lowest BCUT2D eigenvalue weighted by Gasteiger charge is -2.32. The van der Waals surface area contributed by atoms with Crippen LogP contribution in [0.5, 0.6) is 5.75 Å². The molecule has 1 fully saturated rings. The van der Waals surface area contributed by atoms with Crippen molar-refractivity contribution in [2.24, 2.45) is 5.92 Å². The minimum Gasteiger partial charge on any atom is -0.484 e. The Morgan fingerprint density at radius 2 is 1.89 bits per heavy atom. The summed E-state index contributed by atoms with van der Waals surface area (Å²) in [5, 5.41) is 2.89. The number of amides is 2. The maximum Gasteiger partial charge on any atom is 0.257 e. The number of carbonyl (C=O) groups excluding carboxylic acids is 2. The summed E-state index contributed by atoms with van der Waals surface area (Å²) in [7, 11) is 0. The van der Waals surface area contributed by atoms with Crippen molar-refractivity contribution in [2.75, 3.05) is 26.2 Å². The molecule has 0 aromatic heterocycles. The fourth-order valence-corrected chi connectivity index (χ4v) is 3.31. The summed E-state index contributed by atoms with van der Waals surface area (Å²) >= 11 is 0. The Labute approximate surface area is 164 Å². The van der Waals surface area contributed by atoms with Gasteiger partial charge in [0, 0.05) is 19.6 Å². The highest BCUT2D eigenvalue weighted by Gasteiger charge is 2.25. The molecule has 2 amide bonds. The van der Waals surface area contributed by atoms with Crippen LogP contribution < -0.4 is 10.1 Å². The Kier molecular flexibility index (Phi) is 6.63. The monoisotopic (exact) mass is 384 g/mol. The van der Waals surface area contributed by atoms with E-state index in [9.17, 15) is 14.0 Å². The fraction of sp³-hybridized carbons (Fsp3) is 0.364. The van der Waals surface area contributed by atoms with E-state index < -0.39 is 5.82 Å². The van der Waals surface area contributed by atoms with E-state index in [0.717, 1.165) is 18.4 Å². The lowest BCUT2D eigenvalue weighted by Crippen LogP contribution is -2.42. The first kappa shape index (κ1) is 19.9. The van der Waals surface area contributed by atoms with Crippen LogP contribution in [0, 0.1) is 18.7 Å². The van der Waals surface area contributed by atoms with Crippen molar-refractivity contribution in [3.05, 3.63) is 65.5 Å². The maximum absolute atomic E-state index is 13.8. The molecule has 6 heteroatoms. The Hall–Kier alpha value is -2.89. The van der Waals surface area contributed by atoms with E-state index in [-0.39, 0.29) is 24.0 Å². The first-order chi connectivity index (χ1) is 13.5. The molecule has 0 radical (unpaired) electrons. The zero-order valence-electron chi connectivity index (χ0n) is 16.0. The number of rotatable bonds is 6. The van der Waals surface area contributed by atoms with Crippen LogP contribution >= 0.6 is 0 Å². The number of likely N-dealkylation sites (tertiary alicyclic amines) is 1. The van der Waals surface area contributed by atoms with Crippen molar-refractivity contribution in [2.45, 2.75) is 19.8 Å². The van der Waals surface area contributed by atoms with E-state index in [2.05, 4.69) is 5.32 Å². The molecule has 0 aliphatic carbocycles. The Bertz CT molecular complexity index is 832. The van der Waals surface area contributed by atoms with Gasteiger partial charge < -0.3 is 15.0 Å². The zero-order chi connectivity index (χ0) is 19.9. The SMILES string of the molecule is Cc1cccc(OCC(=O)NCC2CCN(C(=O)c3ccccc3F)CC2)c1. The average Bonchev–Trinajstić information content (AvgIpc) is 2.71. The van der Waals surface area contributed by atoms with Gasteiger partial charge in [0.05, 0.1) is 5.56 Å². The number of nitrogens with one attached hydrogen (secondary N) is 1. The molecule has 0 saturated carbocycles. The van der Waals surface area contributed by atoms with Gasteiger partial charge in [0.15, 0.2) is 6.61 Å². The Balaban J connectivity index is 1.39. The summed E-state index contributed by atoms with van der Waals surface area (Å²) < 4.78 is 19.3. The number of ether oxygens (including phenoxy) is 1. The molecule has 2 aromatic rings. The third kappa shape index (κ3) is 5.31. The second kappa shape index (κ2) is 9.35. The molecule has 2 aromatic carbocycles. The number of aryl methyl sites for hydroxylation is 1. The summed E-state index contributed by atoms with van der Waals surface area (Å²) in [6.07, 6.45) is 1.55. The van der Waals surface area contributed by atoms with Gasteiger partial charge in [0.2, 0.25) is 0 Å². The minimum absolute atomic E-state index is 0.0198. The molecular weight excluding hydrogens is 359 g/mol. The van der Waals surface area contributed by atoms with Crippen LogP contribution in [0.1, 0.15) is 28.8 Å². The highest BCUT2D eigenvalue weighted by Crippen LogP contribution is 2.19. The van der Waals surface area contributed by atoms with Crippen molar-refractivity contribution in [1.82, 2.24) is 10.2 Å². The topological polar surface area (TPSA) is 58.6 Å². The molecular formula is C22H25FN2O3. The van der Waals surface area contributed by atoms with Gasteiger partial charge in [0.25, 0.3) is 11.8 Å². The number of piperidine rings is 1. The van der Waals surface area contributed by atoms with Gasteiger partial charge in [0.1, 0.15) is 11.6 Å². The highest BCUT2D eigenvalue weighted by atomic mass is 19.1. The van der Waals surface area contributed by atoms with Gasteiger partial charge in [-0.25, -0.2) is 4.39 Å². The number of hydrogen-bond donors (Lipinski definition) is 1. The van der Waals surface area contributed by atoms with E-state index in [1.165, 1.54) is 12.1 Å². The standard InChI is InChI=1S/C22H25FN2O3/c1-16-5-4-6-18(13-16)28-15-21(26)24-14-17-9-11-25(12-10-17)22(27)19-7-2-3-8-20(19)23/h2-8,13,17H,9-12,14-15H2,1H3,(H,24,26). The van der Waals surface area contributed by atoms with Crippen molar-refractivity contribution < 1.29 is 18.7 Å². The molecule has 3 rings (SSSR count). The molecule has 1 aliphatic heterocycles. The molecule has 0 atom stereocenters. The van der Waals surface area contributed by atoms with E-state index in [1.807, 2.05) is 31.2 Å². The van der Waals surface area contributed by atoms with Gasteiger partial charge in [-0.1, -0.05) is 24.3 Å². The molecule has 0 spiro atoms. The smallest absolute Gasteiger partial charge is 0.257 e. The third-order valence-corrected chi connectivity index (χ3v) is 4.95. The fourth-order valence-electron chi connectivity index (χ4n) is 3.31. The van der Waals surface area contributed by atoms with Crippen LogP contribution in [0.3, 0.4) is 0 Å². The van der Waals surface area contributed by atoms with E-state index in [1.54, 1.807) is 17.0 Å². The summed E-state index contributed by atoms with van der Waals surface area (Å²) in [5.41, 5.74) is 1.19. The van der Waals surface area contributed by atoms with E-state index >= 15 is 0 Å². The molecule has 1 aliphatic rings. The lowest BCUT2D eigenvalue weighted by molar-refractivity contribution is -0.123. The van der Waals surface area contributed by atoms with E-state index in [4.69, 9.17) is 4.74 Å². The number of benzene rings is 2. The normalized spacial score (nSPS) is 14.6. The second-order valence-electron chi connectivity index (χ2n) is 7.12. The highest BCUT2D eigenvalue weighted by molar-refractivity contribution is 5.94. The van der Waals surface area contributed by atoms with Crippen LogP contribution in [-0.4, -0.2) is 43.0 Å². The van der Waals surface area contributed by atoms with Gasteiger partial charge in [-0.15, -0.1) is 0 Å². The Morgan fingerprint density at radius 1 is 1.14 bits per heavy atom. The van der Waals surface area contributed by atoms with E-state index in [0.29, 0.717) is 31.3 Å². The molecule has 1 N–H and O–H groups in total. The van der Waals surface area contributed by atoms with Crippen molar-refractivity contribution in [3.63, 3.8) is 0 Å². The molecule has 1 saturated heterocycles. The summed E-state index contributed by atoms with van der Waals surface area (Å²) in [5.74, 6) is 0.0525. The van der Waals surface area contributed by atoms with Crippen molar-refractivity contribution in [3.8, 4) is 5.75 Å². The average molecular weight is 384 g/mol. The third-order valence-electron chi connectivity index (χ3n) is 4.95. The predicted octanol–water partition coefficient (Wildman–Crippen LogP) is 3.18. The first-order valence-electron chi connectivity index (χ1n) is 9.53. The van der Waals surface area contributed by atoms with Gasteiger partial charge in [-0.05, 0) is 55.5 Å². The lowest BCUT2D eigenvalue weighted by atomic mass is 9.96. The number of nitrogens with zero attached hydrogens (tertiary/aromatic N) is 1. The second-order valence-corrected chi connectivity index (χ2v) is 7.12. The van der Waals surface area contributed by atoms with Crippen LogP contribution in [0.4, 0.5) is 4.39 Å². The molecule has 148 valence electrons. The number of halogens is 1. The summed E-state index contributed by atoms with van der Waals surface area (Å²) in [4.78, 5) is 26.1. The first-order valence-corrected chi connectivity index (χ1v) is 9.53. The molecule has 1 heterocycles. The molecule has 0 bridgehead atoms.